The Morgan fingerprint density at radius 3 is 2.85 bits per heavy atom. The van der Waals surface area contributed by atoms with Crippen LogP contribution in [-0.2, 0) is 6.54 Å². The molecule has 0 amide bonds. The molecule has 1 aromatic carbocycles. The maximum absolute atomic E-state index is 11.9. The summed E-state index contributed by atoms with van der Waals surface area (Å²) >= 11 is 0. The van der Waals surface area contributed by atoms with E-state index in [-0.39, 0.29) is 23.7 Å². The minimum Gasteiger partial charge on any atom is -0.387 e. The van der Waals surface area contributed by atoms with E-state index in [1.54, 1.807) is 4.57 Å². The van der Waals surface area contributed by atoms with Gasteiger partial charge in [0, 0.05) is 0 Å². The van der Waals surface area contributed by atoms with Crippen molar-refractivity contribution in [3.05, 3.63) is 52.6 Å². The highest BCUT2D eigenvalue weighted by Gasteiger charge is 2.13. The molecule has 0 aliphatic rings. The van der Waals surface area contributed by atoms with Crippen molar-refractivity contribution in [1.29, 1.82) is 0 Å². The molecule has 3 rings (SSSR count). The molecule has 0 saturated heterocycles. The van der Waals surface area contributed by atoms with Crippen LogP contribution in [0.3, 0.4) is 0 Å². The first kappa shape index (κ1) is 12.4. The number of nitrogens with two attached hydrogens (primary N) is 1. The molecule has 4 N–H and O–H groups in total. The van der Waals surface area contributed by atoms with Crippen molar-refractivity contribution in [3.63, 3.8) is 0 Å². The van der Waals surface area contributed by atoms with Crippen molar-refractivity contribution < 1.29 is 5.11 Å². The lowest BCUT2D eigenvalue weighted by Crippen LogP contribution is -2.16. The zero-order valence-corrected chi connectivity index (χ0v) is 10.5. The number of aliphatic hydroxyl groups excluding tert-OH is 1. The Hall–Kier alpha value is -2.67. The van der Waals surface area contributed by atoms with Gasteiger partial charge in [0.1, 0.15) is 0 Å². The fourth-order valence-electron chi connectivity index (χ4n) is 2.11. The van der Waals surface area contributed by atoms with Gasteiger partial charge in [0.15, 0.2) is 11.2 Å². The van der Waals surface area contributed by atoms with Gasteiger partial charge in [0.25, 0.3) is 5.56 Å². The summed E-state index contributed by atoms with van der Waals surface area (Å²) in [6.07, 6.45) is 0.740. The van der Waals surface area contributed by atoms with Crippen LogP contribution in [0.1, 0.15) is 11.7 Å². The van der Waals surface area contributed by atoms with Gasteiger partial charge in [-0.25, -0.2) is 4.98 Å². The van der Waals surface area contributed by atoms with Crippen molar-refractivity contribution in [3.8, 4) is 0 Å². The van der Waals surface area contributed by atoms with Crippen LogP contribution in [-0.4, -0.2) is 24.6 Å². The highest BCUT2D eigenvalue weighted by molar-refractivity contribution is 5.70. The number of benzene rings is 1. The second-order valence-corrected chi connectivity index (χ2v) is 4.45. The smallest absolute Gasteiger partial charge is 0.278 e. The number of nitrogens with one attached hydrogen (secondary N) is 1. The van der Waals surface area contributed by atoms with E-state index >= 15 is 0 Å². The molecule has 0 aliphatic carbocycles. The summed E-state index contributed by atoms with van der Waals surface area (Å²) in [7, 11) is 0. The number of nitrogens with zero attached hydrogens (tertiary/aromatic N) is 3. The summed E-state index contributed by atoms with van der Waals surface area (Å²) in [6.45, 7) is 0.217. The van der Waals surface area contributed by atoms with Crippen LogP contribution in [0, 0.1) is 0 Å². The van der Waals surface area contributed by atoms with Gasteiger partial charge in [-0.2, -0.15) is 4.98 Å². The van der Waals surface area contributed by atoms with Crippen molar-refractivity contribution >= 4 is 17.1 Å². The van der Waals surface area contributed by atoms with Crippen LogP contribution in [0.25, 0.3) is 11.2 Å². The lowest BCUT2D eigenvalue weighted by Gasteiger charge is -2.11. The topological polar surface area (TPSA) is 110 Å². The molecule has 7 nitrogen and oxygen atoms in total. The van der Waals surface area contributed by atoms with Gasteiger partial charge in [-0.05, 0) is 5.56 Å². The maximum Gasteiger partial charge on any atom is 0.278 e. The number of aliphatic hydroxyl groups is 1. The summed E-state index contributed by atoms with van der Waals surface area (Å²) in [5.74, 6) is 0.0244. The van der Waals surface area contributed by atoms with Crippen molar-refractivity contribution in [2.45, 2.75) is 12.6 Å². The first-order chi connectivity index (χ1) is 9.65. The number of H-pyrrole nitrogens is 1. The van der Waals surface area contributed by atoms with Crippen LogP contribution < -0.4 is 11.3 Å². The van der Waals surface area contributed by atoms with Gasteiger partial charge in [-0.1, -0.05) is 30.3 Å². The summed E-state index contributed by atoms with van der Waals surface area (Å²) in [5.41, 5.74) is 6.43. The highest BCUT2D eigenvalue weighted by atomic mass is 16.3. The number of imidazole rings is 1. The maximum atomic E-state index is 11.9. The fraction of sp³-hybridized carbons (Fsp3) is 0.154. The molecule has 0 bridgehead atoms. The molecule has 1 unspecified atom stereocenters. The van der Waals surface area contributed by atoms with Gasteiger partial charge in [0.2, 0.25) is 5.95 Å². The summed E-state index contributed by atoms with van der Waals surface area (Å²) in [5, 5.41) is 10.2. The first-order valence-corrected chi connectivity index (χ1v) is 6.09. The third-order valence-electron chi connectivity index (χ3n) is 3.06. The second kappa shape index (κ2) is 4.78. The summed E-state index contributed by atoms with van der Waals surface area (Å²) in [4.78, 5) is 22.3. The van der Waals surface area contributed by atoms with E-state index in [2.05, 4.69) is 15.0 Å². The van der Waals surface area contributed by atoms with Gasteiger partial charge < -0.3 is 15.4 Å². The van der Waals surface area contributed by atoms with Crippen molar-refractivity contribution in [2.24, 2.45) is 0 Å². The normalized spacial score (nSPS) is 12.7. The number of hydrogen-bond donors (Lipinski definition) is 3. The highest BCUT2D eigenvalue weighted by Crippen LogP contribution is 2.16. The number of aromatic nitrogens is 4. The largest absolute Gasteiger partial charge is 0.387 e. The van der Waals surface area contributed by atoms with Crippen LogP contribution in [0.15, 0.2) is 41.5 Å². The number of anilines is 1. The first-order valence-electron chi connectivity index (χ1n) is 6.09. The van der Waals surface area contributed by atoms with E-state index < -0.39 is 6.10 Å². The zero-order valence-electron chi connectivity index (χ0n) is 10.5. The summed E-state index contributed by atoms with van der Waals surface area (Å²) < 4.78 is 1.57. The molecule has 3 aromatic rings. The molecular weight excluding hydrogens is 258 g/mol. The lowest BCUT2D eigenvalue weighted by atomic mass is 10.1. The van der Waals surface area contributed by atoms with Gasteiger partial charge >= 0.3 is 0 Å². The Morgan fingerprint density at radius 1 is 1.35 bits per heavy atom. The monoisotopic (exact) mass is 271 g/mol. The van der Waals surface area contributed by atoms with E-state index in [0.29, 0.717) is 5.52 Å². The van der Waals surface area contributed by atoms with Crippen molar-refractivity contribution in [2.75, 3.05) is 5.73 Å². The molecule has 0 radical (unpaired) electrons. The third-order valence-corrected chi connectivity index (χ3v) is 3.06. The molecule has 2 heterocycles. The molecule has 0 fully saturated rings. The van der Waals surface area contributed by atoms with E-state index in [9.17, 15) is 9.90 Å². The second-order valence-electron chi connectivity index (χ2n) is 4.45. The molecule has 1 atom stereocenters. The molecule has 102 valence electrons. The summed E-state index contributed by atoms with van der Waals surface area (Å²) in [6, 6.07) is 9.22. The van der Waals surface area contributed by atoms with Crippen LogP contribution in [0.2, 0.25) is 0 Å². The quantitative estimate of drug-likeness (QED) is 0.640. The average Bonchev–Trinajstić information content (AvgIpc) is 2.82. The number of nitrogen functional groups attached to an aromatic ring is 1. The molecule has 7 heteroatoms. The van der Waals surface area contributed by atoms with Crippen LogP contribution >= 0.6 is 0 Å². The Bertz CT molecular complexity index is 793. The molecular formula is C13H13N5O2. The van der Waals surface area contributed by atoms with E-state index in [0.717, 1.165) is 5.56 Å². The Morgan fingerprint density at radius 2 is 2.10 bits per heavy atom. The Balaban J connectivity index is 1.98. The minimum absolute atomic E-state index is 0.0244. The minimum atomic E-state index is -0.731. The van der Waals surface area contributed by atoms with E-state index in [1.807, 2.05) is 30.3 Å². The Kier molecular flexibility index (Phi) is 2.96. The number of aromatic amines is 1. The molecule has 0 spiro atoms. The number of rotatable bonds is 3. The van der Waals surface area contributed by atoms with Crippen molar-refractivity contribution in [1.82, 2.24) is 19.5 Å². The Labute approximate surface area is 113 Å². The molecule has 2 aromatic heterocycles. The molecule has 20 heavy (non-hydrogen) atoms. The van der Waals surface area contributed by atoms with Crippen LogP contribution in [0.5, 0.6) is 0 Å². The lowest BCUT2D eigenvalue weighted by molar-refractivity contribution is 0.158. The predicted octanol–water partition coefficient (Wildman–Crippen LogP) is 0.435. The fourth-order valence-corrected chi connectivity index (χ4v) is 2.11. The van der Waals surface area contributed by atoms with Gasteiger partial charge in [-0.3, -0.25) is 9.78 Å². The standard InChI is InChI=1S/C13H13N5O2/c14-13-16-11-10(12(20)17-13)18(7-15-11)6-9(19)8-4-2-1-3-5-8/h1-5,7,9,19H,6H2,(H3,14,16,17,20). The zero-order chi connectivity index (χ0) is 14.1. The molecule has 0 aliphatic heterocycles. The third kappa shape index (κ3) is 2.14. The van der Waals surface area contributed by atoms with Gasteiger partial charge in [-0.15, -0.1) is 0 Å². The number of fused-ring (bicyclic) bond motifs is 1. The SMILES string of the molecule is Nc1nc2ncn(CC(O)c3ccccc3)c2c(=O)[nH]1. The number of hydrogen-bond acceptors (Lipinski definition) is 5. The van der Waals surface area contributed by atoms with E-state index in [4.69, 9.17) is 5.73 Å². The van der Waals surface area contributed by atoms with E-state index in [1.165, 1.54) is 6.33 Å². The average molecular weight is 271 g/mol. The predicted molar refractivity (Wildman–Crippen MR) is 74.0 cm³/mol. The van der Waals surface area contributed by atoms with Gasteiger partial charge in [0.05, 0.1) is 19.0 Å². The molecule has 0 saturated carbocycles. The van der Waals surface area contributed by atoms with Crippen LogP contribution in [0.4, 0.5) is 5.95 Å².